The Balaban J connectivity index is 1.53. The van der Waals surface area contributed by atoms with Crippen LogP contribution in [-0.4, -0.2) is 85.4 Å². The highest BCUT2D eigenvalue weighted by atomic mass is 32.2. The molecule has 4 N–H and O–H groups in total. The van der Waals surface area contributed by atoms with Crippen molar-refractivity contribution in [2.45, 2.75) is 116 Å². The zero-order valence-corrected chi connectivity index (χ0v) is 31.1. The van der Waals surface area contributed by atoms with Gasteiger partial charge < -0.3 is 30.6 Å². The van der Waals surface area contributed by atoms with E-state index in [4.69, 9.17) is 4.42 Å². The van der Waals surface area contributed by atoms with Gasteiger partial charge >= 0.3 is 6.03 Å². The van der Waals surface area contributed by atoms with E-state index in [-0.39, 0.29) is 41.7 Å². The van der Waals surface area contributed by atoms with Crippen LogP contribution >= 0.6 is 0 Å². The standard InChI is InChI=1S/C36H55N5O8S/c1-8-14-25(28(42)31(44)37-18-9-2)38-30(43)27-26-24(35(26,6)7)20-41(27)32(45)29(34(3,4)5)39-33(46)40-36(16-11-10-12-17-36)22-50(47,48)21-23-15-13-19-49-23/h9,13,15,19,24-27,29H,2,8,10-12,14,16-18,20-22H2,1,3-7H3,(H,37,44)(H,38,43)(H2,39,40,46)/t24?,25?,26?,27?,29-/m1/s1. The van der Waals surface area contributed by atoms with E-state index in [9.17, 15) is 32.4 Å². The Hall–Kier alpha value is -3.68. The molecule has 50 heavy (non-hydrogen) atoms. The van der Waals surface area contributed by atoms with Crippen LogP contribution in [0, 0.1) is 22.7 Å². The van der Waals surface area contributed by atoms with Crippen LogP contribution in [0.25, 0.3) is 0 Å². The van der Waals surface area contributed by atoms with E-state index < -0.39 is 68.5 Å². The first-order valence-corrected chi connectivity index (χ1v) is 19.5. The van der Waals surface area contributed by atoms with Crippen molar-refractivity contribution in [3.63, 3.8) is 0 Å². The van der Waals surface area contributed by atoms with E-state index in [0.29, 0.717) is 31.6 Å². The fraction of sp³-hybridized carbons (Fsp3) is 0.694. The molecular weight excluding hydrogens is 662 g/mol. The first kappa shape index (κ1) is 39.1. The Morgan fingerprint density at radius 1 is 1.10 bits per heavy atom. The van der Waals surface area contributed by atoms with Crippen LogP contribution < -0.4 is 21.3 Å². The number of nitrogens with zero attached hydrogens (tertiary/aromatic N) is 1. The number of carbonyl (C=O) groups is 5. The van der Waals surface area contributed by atoms with Gasteiger partial charge in [0.2, 0.25) is 17.6 Å². The monoisotopic (exact) mass is 717 g/mol. The van der Waals surface area contributed by atoms with E-state index in [1.54, 1.807) is 12.1 Å². The second-order valence-corrected chi connectivity index (χ2v) is 18.0. The molecule has 0 spiro atoms. The molecule has 13 nitrogen and oxygen atoms in total. The van der Waals surface area contributed by atoms with E-state index in [1.165, 1.54) is 17.2 Å². The molecule has 3 fully saturated rings. The number of sulfone groups is 1. The number of likely N-dealkylation sites (tertiary alicyclic amines) is 1. The quantitative estimate of drug-likeness (QED) is 0.157. The first-order valence-electron chi connectivity index (χ1n) is 17.7. The number of urea groups is 1. The lowest BCUT2D eigenvalue weighted by Crippen LogP contribution is -2.64. The summed E-state index contributed by atoms with van der Waals surface area (Å²) < 4.78 is 31.8. The smallest absolute Gasteiger partial charge is 0.315 e. The molecule has 14 heteroatoms. The summed E-state index contributed by atoms with van der Waals surface area (Å²) in [5.74, 6) is -2.89. The van der Waals surface area contributed by atoms with E-state index in [2.05, 4.69) is 27.8 Å². The summed E-state index contributed by atoms with van der Waals surface area (Å²) in [4.78, 5) is 69.1. The minimum Gasteiger partial charge on any atom is -0.468 e. The second kappa shape index (κ2) is 15.3. The number of Topliss-reactive ketones (excluding diaryl/α,β-unsaturated/α-hetero) is 1. The van der Waals surface area contributed by atoms with Crippen LogP contribution in [0.4, 0.5) is 4.79 Å². The number of amides is 5. The SMILES string of the molecule is C=CCNC(=O)C(=O)C(CCC)NC(=O)C1C2C(CN1C(=O)[C@@H](NC(=O)NC1(CS(=O)(=O)Cc3ccco3)CCCCC1)C(C)(C)C)C2(C)C. The molecule has 1 aromatic rings. The maximum Gasteiger partial charge on any atom is 0.315 e. The van der Waals surface area contributed by atoms with Gasteiger partial charge in [0.25, 0.3) is 5.91 Å². The average molecular weight is 718 g/mol. The Bertz CT molecular complexity index is 1540. The van der Waals surface area contributed by atoms with E-state index >= 15 is 0 Å². The van der Waals surface area contributed by atoms with Gasteiger partial charge in [-0.3, -0.25) is 19.2 Å². The first-order chi connectivity index (χ1) is 23.4. The normalized spacial score (nSPS) is 23.5. The largest absolute Gasteiger partial charge is 0.468 e. The third kappa shape index (κ3) is 8.96. The van der Waals surface area contributed by atoms with Crippen LogP contribution in [0.1, 0.15) is 92.2 Å². The Morgan fingerprint density at radius 3 is 2.36 bits per heavy atom. The van der Waals surface area contributed by atoms with Crippen molar-refractivity contribution >= 4 is 39.4 Å². The molecule has 0 bridgehead atoms. The lowest BCUT2D eigenvalue weighted by atomic mass is 9.83. The highest BCUT2D eigenvalue weighted by Gasteiger charge is 2.70. The average Bonchev–Trinajstić information content (AvgIpc) is 3.44. The van der Waals surface area contributed by atoms with Gasteiger partial charge in [-0.15, -0.1) is 6.58 Å². The highest BCUT2D eigenvalue weighted by molar-refractivity contribution is 7.90. The number of hydrogen-bond acceptors (Lipinski definition) is 8. The molecule has 2 heterocycles. The van der Waals surface area contributed by atoms with Crippen molar-refractivity contribution < 1.29 is 36.8 Å². The number of piperidine rings is 1. The minimum absolute atomic E-state index is 0.0396. The lowest BCUT2D eigenvalue weighted by Gasteiger charge is -2.40. The van der Waals surface area contributed by atoms with Crippen molar-refractivity contribution in [1.29, 1.82) is 0 Å². The summed E-state index contributed by atoms with van der Waals surface area (Å²) in [5, 5.41) is 11.1. The molecule has 5 atom stereocenters. The summed E-state index contributed by atoms with van der Waals surface area (Å²) in [6.07, 6.45) is 7.02. The van der Waals surface area contributed by atoms with Crippen molar-refractivity contribution in [1.82, 2.24) is 26.2 Å². The van der Waals surface area contributed by atoms with Crippen molar-refractivity contribution in [2.24, 2.45) is 22.7 Å². The summed E-state index contributed by atoms with van der Waals surface area (Å²) in [6, 6.07) is -0.451. The van der Waals surface area contributed by atoms with E-state index in [0.717, 1.165) is 19.3 Å². The number of nitrogens with one attached hydrogen (secondary N) is 4. The van der Waals surface area contributed by atoms with Crippen LogP contribution in [0.15, 0.2) is 35.5 Å². The van der Waals surface area contributed by atoms with Gasteiger partial charge in [0.1, 0.15) is 23.6 Å². The van der Waals surface area contributed by atoms with Crippen molar-refractivity contribution in [3.05, 3.63) is 36.8 Å². The maximum absolute atomic E-state index is 14.4. The van der Waals surface area contributed by atoms with E-state index in [1.807, 2.05) is 41.5 Å². The van der Waals surface area contributed by atoms with Crippen LogP contribution in [-0.2, 0) is 34.8 Å². The lowest BCUT2D eigenvalue weighted by molar-refractivity contribution is -0.145. The zero-order chi connectivity index (χ0) is 37.1. The number of ketones is 1. The molecule has 1 aromatic heterocycles. The molecule has 4 unspecified atom stereocenters. The molecule has 1 aliphatic heterocycles. The Kier molecular flexibility index (Phi) is 12.0. The second-order valence-electron chi connectivity index (χ2n) is 16.0. The molecule has 0 aromatic carbocycles. The molecule has 2 saturated carbocycles. The number of carbonyl (C=O) groups excluding carboxylic acids is 5. The molecule has 278 valence electrons. The topological polar surface area (TPSA) is 184 Å². The number of fused-ring (bicyclic) bond motifs is 1. The van der Waals surface area contributed by atoms with Crippen molar-refractivity contribution in [3.8, 4) is 0 Å². The van der Waals surface area contributed by atoms with Crippen LogP contribution in [0.2, 0.25) is 0 Å². The molecular formula is C36H55N5O8S. The Morgan fingerprint density at radius 2 is 1.78 bits per heavy atom. The highest BCUT2D eigenvalue weighted by Crippen LogP contribution is 2.65. The molecule has 4 rings (SSSR count). The van der Waals surface area contributed by atoms with Gasteiger partial charge in [-0.25, -0.2) is 13.2 Å². The van der Waals surface area contributed by atoms with Crippen LogP contribution in [0.3, 0.4) is 0 Å². The number of hydrogen-bond donors (Lipinski definition) is 4. The van der Waals surface area contributed by atoms with Gasteiger partial charge in [0, 0.05) is 13.1 Å². The molecule has 0 radical (unpaired) electrons. The summed E-state index contributed by atoms with van der Waals surface area (Å²) in [7, 11) is -3.66. The minimum atomic E-state index is -3.66. The van der Waals surface area contributed by atoms with Gasteiger partial charge in [-0.2, -0.15) is 0 Å². The van der Waals surface area contributed by atoms with Gasteiger partial charge in [0.15, 0.2) is 9.84 Å². The molecule has 5 amide bonds. The van der Waals surface area contributed by atoms with Crippen LogP contribution in [0.5, 0.6) is 0 Å². The predicted octanol–water partition coefficient (Wildman–Crippen LogP) is 3.25. The maximum atomic E-state index is 14.4. The molecule has 3 aliphatic rings. The molecule has 2 aliphatic carbocycles. The predicted molar refractivity (Wildman–Crippen MR) is 188 cm³/mol. The fourth-order valence-electron chi connectivity index (χ4n) is 7.88. The summed E-state index contributed by atoms with van der Waals surface area (Å²) >= 11 is 0. The van der Waals surface area contributed by atoms with Gasteiger partial charge in [-0.1, -0.05) is 73.3 Å². The third-order valence-corrected chi connectivity index (χ3v) is 12.3. The molecule has 1 saturated heterocycles. The van der Waals surface area contributed by atoms with Gasteiger partial charge in [-0.05, 0) is 54.1 Å². The van der Waals surface area contributed by atoms with Gasteiger partial charge in [0.05, 0.1) is 23.6 Å². The number of furan rings is 1. The number of rotatable bonds is 15. The Labute approximate surface area is 296 Å². The summed E-state index contributed by atoms with van der Waals surface area (Å²) in [6.45, 7) is 15.3. The zero-order valence-electron chi connectivity index (χ0n) is 30.3. The third-order valence-electron chi connectivity index (χ3n) is 10.6. The fourth-order valence-corrected chi connectivity index (χ4v) is 9.78. The van der Waals surface area contributed by atoms with Crippen molar-refractivity contribution in [2.75, 3.05) is 18.8 Å². The summed E-state index contributed by atoms with van der Waals surface area (Å²) in [5.41, 5.74) is -2.02.